The van der Waals surface area contributed by atoms with Gasteiger partial charge >= 0.3 is 0 Å². The number of nitrogens with one attached hydrogen (secondary N) is 1. The molecule has 1 heterocycles. The van der Waals surface area contributed by atoms with Crippen LogP contribution in [0.25, 0.3) is 0 Å². The molecular weight excluding hydrogens is 130 g/mol. The van der Waals surface area contributed by atoms with E-state index in [-0.39, 0.29) is 11.7 Å². The second-order valence-electron chi connectivity index (χ2n) is 2.42. The fraction of sp³-hybridized carbons (Fsp3) is 0.429. The van der Waals surface area contributed by atoms with Crippen LogP contribution in [0.3, 0.4) is 0 Å². The molecule has 1 N–H and O–H groups in total. The number of hydrogen-bond donors (Lipinski definition) is 1. The van der Waals surface area contributed by atoms with Crippen LogP contribution in [0.15, 0.2) is 11.8 Å². The first kappa shape index (κ1) is 6.99. The number of amides is 1. The maximum absolute atomic E-state index is 11.0. The van der Waals surface area contributed by atoms with Crippen LogP contribution in [0.4, 0.5) is 0 Å². The van der Waals surface area contributed by atoms with Crippen molar-refractivity contribution in [3.05, 3.63) is 11.8 Å². The molecule has 1 amide bonds. The molecule has 0 saturated heterocycles. The van der Waals surface area contributed by atoms with Crippen molar-refractivity contribution in [2.75, 3.05) is 0 Å². The monoisotopic (exact) mass is 139 g/mol. The van der Waals surface area contributed by atoms with Gasteiger partial charge < -0.3 is 5.32 Å². The summed E-state index contributed by atoms with van der Waals surface area (Å²) in [6.07, 6.45) is 1.45. The van der Waals surface area contributed by atoms with E-state index < -0.39 is 5.92 Å². The van der Waals surface area contributed by atoms with Crippen molar-refractivity contribution in [1.29, 1.82) is 0 Å². The van der Waals surface area contributed by atoms with Crippen molar-refractivity contribution in [3.63, 3.8) is 0 Å². The Bertz CT molecular complexity index is 218. The topological polar surface area (TPSA) is 46.2 Å². The van der Waals surface area contributed by atoms with Crippen LogP contribution >= 0.6 is 0 Å². The summed E-state index contributed by atoms with van der Waals surface area (Å²) >= 11 is 0. The molecule has 0 fully saturated rings. The first-order chi connectivity index (χ1) is 4.63. The smallest absolute Gasteiger partial charge is 0.234 e. The maximum atomic E-state index is 11.0. The van der Waals surface area contributed by atoms with Gasteiger partial charge in [-0.05, 0) is 13.8 Å². The van der Waals surface area contributed by atoms with Gasteiger partial charge in [-0.25, -0.2) is 0 Å². The number of Topliss-reactive ketones (excluding diaryl/α,β-unsaturated/α-hetero) is 1. The minimum Gasteiger partial charge on any atom is -0.332 e. The summed E-state index contributed by atoms with van der Waals surface area (Å²) < 4.78 is 0. The van der Waals surface area contributed by atoms with Crippen molar-refractivity contribution in [1.82, 2.24) is 5.32 Å². The van der Waals surface area contributed by atoms with Crippen LogP contribution in [0, 0.1) is 5.92 Å². The molecule has 10 heavy (non-hydrogen) atoms. The first-order valence-electron chi connectivity index (χ1n) is 3.14. The normalized spacial score (nSPS) is 25.8. The molecule has 1 rings (SSSR count). The second-order valence-corrected chi connectivity index (χ2v) is 2.42. The Balaban J connectivity index is 2.91. The van der Waals surface area contributed by atoms with E-state index in [2.05, 4.69) is 5.32 Å². The molecule has 0 aliphatic carbocycles. The highest BCUT2D eigenvalue weighted by atomic mass is 16.2. The van der Waals surface area contributed by atoms with Gasteiger partial charge in [0.1, 0.15) is 0 Å². The highest BCUT2D eigenvalue weighted by molar-refractivity contribution is 6.11. The average molecular weight is 139 g/mol. The highest BCUT2D eigenvalue weighted by Crippen LogP contribution is 2.09. The summed E-state index contributed by atoms with van der Waals surface area (Å²) in [6.45, 7) is 3.30. The lowest BCUT2D eigenvalue weighted by molar-refractivity contribution is -0.131. The summed E-state index contributed by atoms with van der Waals surface area (Å²) in [5, 5.41) is 2.49. The number of ketones is 1. The van der Waals surface area contributed by atoms with E-state index in [0.717, 1.165) is 0 Å². The van der Waals surface area contributed by atoms with Crippen molar-refractivity contribution >= 4 is 11.7 Å². The van der Waals surface area contributed by atoms with Gasteiger partial charge in [0.05, 0.1) is 5.92 Å². The van der Waals surface area contributed by atoms with Crippen molar-refractivity contribution in [3.8, 4) is 0 Å². The molecule has 0 radical (unpaired) electrons. The van der Waals surface area contributed by atoms with Crippen LogP contribution in [0.1, 0.15) is 13.8 Å². The first-order valence-corrected chi connectivity index (χ1v) is 3.14. The third-order valence-electron chi connectivity index (χ3n) is 1.61. The van der Waals surface area contributed by atoms with E-state index in [1.807, 2.05) is 0 Å². The summed E-state index contributed by atoms with van der Waals surface area (Å²) in [5.74, 6) is -0.802. The Morgan fingerprint density at radius 2 is 2.10 bits per heavy atom. The van der Waals surface area contributed by atoms with E-state index in [9.17, 15) is 9.59 Å². The Morgan fingerprint density at radius 3 is 2.60 bits per heavy atom. The Hall–Kier alpha value is -1.12. The molecule has 1 aliphatic heterocycles. The van der Waals surface area contributed by atoms with Crippen LogP contribution in [0.2, 0.25) is 0 Å². The second kappa shape index (κ2) is 2.25. The third kappa shape index (κ3) is 0.943. The predicted molar refractivity (Wildman–Crippen MR) is 36.1 cm³/mol. The van der Waals surface area contributed by atoms with Gasteiger partial charge in [0, 0.05) is 11.8 Å². The number of carbonyl (C=O) groups excluding carboxylic acids is 2. The fourth-order valence-corrected chi connectivity index (χ4v) is 0.836. The highest BCUT2D eigenvalue weighted by Gasteiger charge is 2.25. The van der Waals surface area contributed by atoms with Crippen LogP contribution in [-0.4, -0.2) is 11.7 Å². The molecule has 0 aromatic carbocycles. The van der Waals surface area contributed by atoms with E-state index >= 15 is 0 Å². The molecule has 1 aliphatic rings. The zero-order valence-corrected chi connectivity index (χ0v) is 5.97. The number of allylic oxidation sites excluding steroid dienone is 1. The molecule has 54 valence electrons. The molecule has 1 atom stereocenters. The van der Waals surface area contributed by atoms with Crippen molar-refractivity contribution < 1.29 is 9.59 Å². The summed E-state index contributed by atoms with van der Waals surface area (Å²) in [4.78, 5) is 21.8. The summed E-state index contributed by atoms with van der Waals surface area (Å²) in [6, 6.07) is 0. The van der Waals surface area contributed by atoms with Gasteiger partial charge in [0.25, 0.3) is 0 Å². The minimum atomic E-state index is -0.509. The number of carbonyl (C=O) groups is 2. The Labute approximate surface area is 59.1 Å². The quantitative estimate of drug-likeness (QED) is 0.488. The van der Waals surface area contributed by atoms with Gasteiger partial charge in [0.15, 0.2) is 5.78 Å². The van der Waals surface area contributed by atoms with E-state index in [4.69, 9.17) is 0 Å². The SMILES string of the molecule is CC1=CNC(=O)C(C)C1=O. The molecular formula is C7H9NO2. The van der Waals surface area contributed by atoms with Gasteiger partial charge in [-0.3, -0.25) is 9.59 Å². The van der Waals surface area contributed by atoms with Crippen molar-refractivity contribution in [2.24, 2.45) is 5.92 Å². The fourth-order valence-electron chi connectivity index (χ4n) is 0.836. The zero-order valence-electron chi connectivity index (χ0n) is 5.97. The van der Waals surface area contributed by atoms with Crippen molar-refractivity contribution in [2.45, 2.75) is 13.8 Å². The molecule has 0 aromatic rings. The largest absolute Gasteiger partial charge is 0.332 e. The molecule has 0 aromatic heterocycles. The van der Waals surface area contributed by atoms with Gasteiger partial charge in [-0.15, -0.1) is 0 Å². The zero-order chi connectivity index (χ0) is 7.72. The predicted octanol–water partition coefficient (Wildman–Crippen LogP) is 0.225. The number of hydrogen-bond acceptors (Lipinski definition) is 2. The molecule has 3 nitrogen and oxygen atoms in total. The van der Waals surface area contributed by atoms with Crippen LogP contribution in [0.5, 0.6) is 0 Å². The van der Waals surface area contributed by atoms with E-state index in [0.29, 0.717) is 5.57 Å². The molecule has 0 saturated carbocycles. The lowest BCUT2D eigenvalue weighted by Gasteiger charge is -2.14. The Morgan fingerprint density at radius 1 is 1.50 bits per heavy atom. The summed E-state index contributed by atoms with van der Waals surface area (Å²) in [7, 11) is 0. The standard InChI is InChI=1S/C7H9NO2/c1-4-3-8-7(10)5(2)6(4)9/h3,5H,1-2H3,(H,8,10). The average Bonchev–Trinajstić information content (AvgIpc) is 1.93. The van der Waals surface area contributed by atoms with Gasteiger partial charge in [-0.1, -0.05) is 0 Å². The van der Waals surface area contributed by atoms with E-state index in [1.165, 1.54) is 6.20 Å². The minimum absolute atomic E-state index is 0.0799. The van der Waals surface area contributed by atoms with Gasteiger partial charge in [-0.2, -0.15) is 0 Å². The van der Waals surface area contributed by atoms with Crippen LogP contribution in [-0.2, 0) is 9.59 Å². The summed E-state index contributed by atoms with van der Waals surface area (Å²) in [5.41, 5.74) is 0.618. The van der Waals surface area contributed by atoms with Gasteiger partial charge in [0.2, 0.25) is 5.91 Å². The molecule has 0 spiro atoms. The Kier molecular flexibility index (Phi) is 1.57. The molecule has 0 bridgehead atoms. The lowest BCUT2D eigenvalue weighted by atomic mass is 9.98. The third-order valence-corrected chi connectivity index (χ3v) is 1.61. The maximum Gasteiger partial charge on any atom is 0.234 e. The molecule has 3 heteroatoms. The lowest BCUT2D eigenvalue weighted by Crippen LogP contribution is -2.35. The van der Waals surface area contributed by atoms with Crippen LogP contribution < -0.4 is 5.32 Å². The number of rotatable bonds is 0. The molecule has 1 unspecified atom stereocenters. The van der Waals surface area contributed by atoms with E-state index in [1.54, 1.807) is 13.8 Å².